The van der Waals surface area contributed by atoms with E-state index < -0.39 is 0 Å². The fourth-order valence-electron chi connectivity index (χ4n) is 4.17. The highest BCUT2D eigenvalue weighted by molar-refractivity contribution is 5.80. The molecule has 0 aliphatic carbocycles. The van der Waals surface area contributed by atoms with Crippen molar-refractivity contribution >= 4 is 11.8 Å². The van der Waals surface area contributed by atoms with Crippen molar-refractivity contribution in [2.75, 3.05) is 26.2 Å². The molecule has 3 heterocycles. The smallest absolute Gasteiger partial charge is 0.251 e. The minimum atomic E-state index is -0.368. The van der Waals surface area contributed by atoms with Crippen molar-refractivity contribution in [1.29, 1.82) is 0 Å². The second-order valence-corrected chi connectivity index (χ2v) is 7.91. The molecule has 2 amide bonds. The van der Waals surface area contributed by atoms with Gasteiger partial charge in [-0.1, -0.05) is 13.0 Å². The summed E-state index contributed by atoms with van der Waals surface area (Å²) in [6.45, 7) is 7.36. The van der Waals surface area contributed by atoms with Crippen LogP contribution in [0.25, 0.3) is 0 Å². The summed E-state index contributed by atoms with van der Waals surface area (Å²) in [5, 5.41) is 0. The van der Waals surface area contributed by atoms with Gasteiger partial charge in [0.2, 0.25) is 5.91 Å². The van der Waals surface area contributed by atoms with Gasteiger partial charge in [-0.2, -0.15) is 0 Å². The molecular formula is C21H31N3O3. The molecule has 1 spiro atoms. The summed E-state index contributed by atoms with van der Waals surface area (Å²) in [4.78, 5) is 33.2. The van der Waals surface area contributed by atoms with Gasteiger partial charge in [-0.3, -0.25) is 14.6 Å². The van der Waals surface area contributed by atoms with Gasteiger partial charge in [0.15, 0.2) is 0 Å². The van der Waals surface area contributed by atoms with Crippen LogP contribution in [0.2, 0.25) is 0 Å². The SMILES string of the molecule is CCCOC(C)C(=O)N1CCC2(CCC(=O)N(Cc3ccccn3)C2)CC1. The zero-order valence-corrected chi connectivity index (χ0v) is 16.5. The third kappa shape index (κ3) is 4.86. The summed E-state index contributed by atoms with van der Waals surface area (Å²) >= 11 is 0. The van der Waals surface area contributed by atoms with E-state index in [0.29, 0.717) is 19.6 Å². The number of nitrogens with zero attached hydrogens (tertiary/aromatic N) is 3. The number of hydrogen-bond donors (Lipinski definition) is 0. The third-order valence-electron chi connectivity index (χ3n) is 5.88. The Morgan fingerprint density at radius 3 is 2.74 bits per heavy atom. The van der Waals surface area contributed by atoms with Crippen molar-refractivity contribution in [3.8, 4) is 0 Å². The van der Waals surface area contributed by atoms with E-state index in [-0.39, 0.29) is 23.3 Å². The van der Waals surface area contributed by atoms with Crippen LogP contribution in [0.15, 0.2) is 24.4 Å². The number of amides is 2. The van der Waals surface area contributed by atoms with Gasteiger partial charge in [-0.25, -0.2) is 0 Å². The van der Waals surface area contributed by atoms with Crippen LogP contribution < -0.4 is 0 Å². The first-order chi connectivity index (χ1) is 13.0. The predicted octanol–water partition coefficient (Wildman–Crippen LogP) is 2.63. The lowest BCUT2D eigenvalue weighted by Gasteiger charge is -2.47. The zero-order chi connectivity index (χ0) is 19.3. The van der Waals surface area contributed by atoms with Crippen molar-refractivity contribution in [3.05, 3.63) is 30.1 Å². The van der Waals surface area contributed by atoms with Crippen LogP contribution in [-0.2, 0) is 20.9 Å². The lowest BCUT2D eigenvalue weighted by molar-refractivity contribution is -0.148. The van der Waals surface area contributed by atoms with Gasteiger partial charge < -0.3 is 14.5 Å². The molecule has 0 aromatic carbocycles. The third-order valence-corrected chi connectivity index (χ3v) is 5.88. The van der Waals surface area contributed by atoms with Crippen LogP contribution in [0.4, 0.5) is 0 Å². The molecule has 1 aromatic rings. The average Bonchev–Trinajstić information content (AvgIpc) is 2.70. The molecule has 0 bridgehead atoms. The maximum absolute atomic E-state index is 12.6. The summed E-state index contributed by atoms with van der Waals surface area (Å²) < 4.78 is 5.59. The van der Waals surface area contributed by atoms with Crippen molar-refractivity contribution in [1.82, 2.24) is 14.8 Å². The first kappa shape index (κ1) is 19.8. The molecule has 0 saturated carbocycles. The quantitative estimate of drug-likeness (QED) is 0.769. The van der Waals surface area contributed by atoms with Crippen LogP contribution in [0.5, 0.6) is 0 Å². The van der Waals surface area contributed by atoms with E-state index in [2.05, 4.69) is 4.98 Å². The van der Waals surface area contributed by atoms with Crippen molar-refractivity contribution in [2.24, 2.45) is 5.41 Å². The van der Waals surface area contributed by atoms with Crippen LogP contribution in [0.3, 0.4) is 0 Å². The Hall–Kier alpha value is -1.95. The Morgan fingerprint density at radius 1 is 1.30 bits per heavy atom. The van der Waals surface area contributed by atoms with Crippen molar-refractivity contribution in [2.45, 2.75) is 58.6 Å². The predicted molar refractivity (Wildman–Crippen MR) is 103 cm³/mol. The van der Waals surface area contributed by atoms with E-state index in [4.69, 9.17) is 4.74 Å². The van der Waals surface area contributed by atoms with Crippen molar-refractivity contribution < 1.29 is 14.3 Å². The molecule has 27 heavy (non-hydrogen) atoms. The van der Waals surface area contributed by atoms with E-state index in [1.54, 1.807) is 6.20 Å². The molecule has 1 unspecified atom stereocenters. The summed E-state index contributed by atoms with van der Waals surface area (Å²) in [6.07, 6.45) is 5.74. The number of pyridine rings is 1. The van der Waals surface area contributed by atoms with E-state index in [9.17, 15) is 9.59 Å². The second kappa shape index (κ2) is 8.83. The first-order valence-electron chi connectivity index (χ1n) is 10.1. The van der Waals surface area contributed by atoms with Crippen LogP contribution in [0, 0.1) is 5.41 Å². The molecular weight excluding hydrogens is 342 g/mol. The fraction of sp³-hybridized carbons (Fsp3) is 0.667. The molecule has 3 rings (SSSR count). The Balaban J connectivity index is 1.56. The fourth-order valence-corrected chi connectivity index (χ4v) is 4.17. The first-order valence-corrected chi connectivity index (χ1v) is 10.1. The van der Waals surface area contributed by atoms with Crippen LogP contribution >= 0.6 is 0 Å². The van der Waals surface area contributed by atoms with Crippen LogP contribution in [-0.4, -0.2) is 58.9 Å². The molecule has 2 saturated heterocycles. The highest BCUT2D eigenvalue weighted by Gasteiger charge is 2.42. The number of likely N-dealkylation sites (tertiary alicyclic amines) is 2. The highest BCUT2D eigenvalue weighted by Crippen LogP contribution is 2.40. The Morgan fingerprint density at radius 2 is 2.07 bits per heavy atom. The topological polar surface area (TPSA) is 62.7 Å². The standard InChI is InChI=1S/C21H31N3O3/c1-3-14-27-17(2)20(26)23-12-9-21(10-13-23)8-7-19(25)24(16-21)15-18-6-4-5-11-22-18/h4-6,11,17H,3,7-10,12-16H2,1-2H3. The summed E-state index contributed by atoms with van der Waals surface area (Å²) in [5.41, 5.74) is 1.06. The summed E-state index contributed by atoms with van der Waals surface area (Å²) in [6, 6.07) is 5.81. The Kier molecular flexibility index (Phi) is 6.47. The average molecular weight is 373 g/mol. The van der Waals surface area contributed by atoms with Gasteiger partial charge in [0.25, 0.3) is 5.91 Å². The maximum atomic E-state index is 12.6. The van der Waals surface area contributed by atoms with E-state index in [1.165, 1.54) is 0 Å². The molecule has 148 valence electrons. The van der Waals surface area contributed by atoms with Gasteiger partial charge in [-0.05, 0) is 50.2 Å². The van der Waals surface area contributed by atoms with E-state index in [0.717, 1.165) is 51.0 Å². The Labute approximate surface area is 161 Å². The number of rotatable bonds is 6. The number of aromatic nitrogens is 1. The zero-order valence-electron chi connectivity index (χ0n) is 16.5. The second-order valence-electron chi connectivity index (χ2n) is 7.91. The highest BCUT2D eigenvalue weighted by atomic mass is 16.5. The molecule has 1 aromatic heterocycles. The summed E-state index contributed by atoms with van der Waals surface area (Å²) in [5.74, 6) is 0.307. The monoisotopic (exact) mass is 373 g/mol. The lowest BCUT2D eigenvalue weighted by atomic mass is 9.72. The van der Waals surface area contributed by atoms with Gasteiger partial charge in [0, 0.05) is 38.9 Å². The molecule has 2 aliphatic heterocycles. The number of carbonyl (C=O) groups is 2. The van der Waals surface area contributed by atoms with Gasteiger partial charge in [0.05, 0.1) is 12.2 Å². The number of ether oxygens (including phenoxy) is 1. The molecule has 1 atom stereocenters. The molecule has 2 aliphatic rings. The molecule has 2 fully saturated rings. The molecule has 0 radical (unpaired) electrons. The van der Waals surface area contributed by atoms with Gasteiger partial charge in [0.1, 0.15) is 6.10 Å². The molecule has 6 nitrogen and oxygen atoms in total. The summed E-state index contributed by atoms with van der Waals surface area (Å²) in [7, 11) is 0. The molecule has 0 N–H and O–H groups in total. The maximum Gasteiger partial charge on any atom is 0.251 e. The van der Waals surface area contributed by atoms with Gasteiger partial charge >= 0.3 is 0 Å². The van der Waals surface area contributed by atoms with Crippen LogP contribution in [0.1, 0.15) is 51.6 Å². The minimum Gasteiger partial charge on any atom is -0.369 e. The molecule has 6 heteroatoms. The van der Waals surface area contributed by atoms with E-state index in [1.807, 2.05) is 41.8 Å². The largest absolute Gasteiger partial charge is 0.369 e. The Bertz CT molecular complexity index is 641. The van der Waals surface area contributed by atoms with Gasteiger partial charge in [-0.15, -0.1) is 0 Å². The van der Waals surface area contributed by atoms with E-state index >= 15 is 0 Å². The number of piperidine rings is 2. The normalized spacial score (nSPS) is 20.7. The lowest BCUT2D eigenvalue weighted by Crippen LogP contribution is -2.53. The number of carbonyl (C=O) groups excluding carboxylic acids is 2. The number of hydrogen-bond acceptors (Lipinski definition) is 4. The minimum absolute atomic E-state index is 0.0931. The van der Waals surface area contributed by atoms with Crippen molar-refractivity contribution in [3.63, 3.8) is 0 Å².